The maximum Gasteiger partial charge on any atom is 0.334 e. The fourth-order valence-electron chi connectivity index (χ4n) is 3.87. The fraction of sp³-hybridized carbons (Fsp3) is 0.174. The second-order valence-corrected chi connectivity index (χ2v) is 7.06. The number of para-hydroxylation sites is 2. The standard InChI is InChI=1S/C23H21F2N3O2.ClH/c1-26-14-20(29)21(15-7-5-8-16(24)13-15)28-22-18(25)11-6-12-19(22)27(23(28)30)17-9-3-2-4-10-17;/h2-13,20-21,26,29H,14H2,1H3;1H/t20-,21-;/m0./s1. The first-order valence-electron chi connectivity index (χ1n) is 9.58. The molecule has 8 heteroatoms. The molecule has 0 radical (unpaired) electrons. The summed E-state index contributed by atoms with van der Waals surface area (Å²) in [5.74, 6) is -1.10. The van der Waals surface area contributed by atoms with E-state index in [4.69, 9.17) is 0 Å². The molecule has 4 rings (SSSR count). The first kappa shape index (κ1) is 22.7. The highest BCUT2D eigenvalue weighted by molar-refractivity contribution is 5.85. The monoisotopic (exact) mass is 445 g/mol. The number of rotatable bonds is 6. The first-order valence-corrected chi connectivity index (χ1v) is 9.58. The molecule has 1 aromatic heterocycles. The van der Waals surface area contributed by atoms with Crippen LogP contribution in [0.25, 0.3) is 16.7 Å². The number of fused-ring (bicyclic) bond motifs is 1. The Morgan fingerprint density at radius 2 is 1.71 bits per heavy atom. The van der Waals surface area contributed by atoms with Crippen molar-refractivity contribution >= 4 is 23.4 Å². The predicted molar refractivity (Wildman–Crippen MR) is 119 cm³/mol. The minimum atomic E-state index is -1.11. The van der Waals surface area contributed by atoms with Crippen LogP contribution in [0.15, 0.2) is 77.6 Å². The van der Waals surface area contributed by atoms with Crippen LogP contribution >= 0.6 is 12.4 Å². The van der Waals surface area contributed by atoms with Crippen LogP contribution < -0.4 is 11.0 Å². The number of aliphatic hydroxyl groups excluding tert-OH is 1. The van der Waals surface area contributed by atoms with Crippen LogP contribution in [0, 0.1) is 11.6 Å². The smallest absolute Gasteiger partial charge is 0.334 e. The molecule has 0 aliphatic carbocycles. The molecule has 0 fully saturated rings. The third-order valence-electron chi connectivity index (χ3n) is 5.11. The van der Waals surface area contributed by atoms with Gasteiger partial charge in [0.15, 0.2) is 0 Å². The number of nitrogens with zero attached hydrogens (tertiary/aromatic N) is 2. The highest BCUT2D eigenvalue weighted by Crippen LogP contribution is 2.29. The summed E-state index contributed by atoms with van der Waals surface area (Å²) >= 11 is 0. The molecule has 0 saturated heterocycles. The average molecular weight is 446 g/mol. The number of aromatic nitrogens is 2. The van der Waals surface area contributed by atoms with Gasteiger partial charge in [0.05, 0.1) is 23.3 Å². The zero-order valence-corrected chi connectivity index (χ0v) is 17.5. The van der Waals surface area contributed by atoms with Gasteiger partial charge in [0, 0.05) is 6.54 Å². The molecule has 0 saturated carbocycles. The summed E-state index contributed by atoms with van der Waals surface area (Å²) in [6, 6.07) is 18.0. The van der Waals surface area contributed by atoms with Crippen LogP contribution in [0.2, 0.25) is 0 Å². The van der Waals surface area contributed by atoms with Crippen molar-refractivity contribution in [3.8, 4) is 5.69 Å². The lowest BCUT2D eigenvalue weighted by atomic mass is 10.0. The van der Waals surface area contributed by atoms with E-state index in [-0.39, 0.29) is 24.5 Å². The maximum atomic E-state index is 15.0. The molecule has 31 heavy (non-hydrogen) atoms. The minimum Gasteiger partial charge on any atom is -0.389 e. The van der Waals surface area contributed by atoms with E-state index in [1.165, 1.54) is 39.5 Å². The van der Waals surface area contributed by atoms with E-state index in [1.54, 1.807) is 43.4 Å². The Kier molecular flexibility index (Phi) is 6.90. The number of imidazole rings is 1. The molecule has 2 atom stereocenters. The van der Waals surface area contributed by atoms with Crippen LogP contribution in [0.5, 0.6) is 0 Å². The van der Waals surface area contributed by atoms with Crippen molar-refractivity contribution in [1.82, 2.24) is 14.5 Å². The highest BCUT2D eigenvalue weighted by atomic mass is 35.5. The van der Waals surface area contributed by atoms with Crippen molar-refractivity contribution in [2.75, 3.05) is 13.6 Å². The van der Waals surface area contributed by atoms with Gasteiger partial charge in [-0.25, -0.2) is 13.6 Å². The molecule has 162 valence electrons. The quantitative estimate of drug-likeness (QED) is 0.476. The molecule has 0 unspecified atom stereocenters. The highest BCUT2D eigenvalue weighted by Gasteiger charge is 2.30. The summed E-state index contributed by atoms with van der Waals surface area (Å²) in [7, 11) is 1.66. The molecule has 0 bridgehead atoms. The molecule has 2 N–H and O–H groups in total. The van der Waals surface area contributed by atoms with Crippen molar-refractivity contribution in [2.45, 2.75) is 12.1 Å². The Balaban J connectivity index is 0.00000272. The summed E-state index contributed by atoms with van der Waals surface area (Å²) in [5.41, 5.74) is 0.832. The van der Waals surface area contributed by atoms with Crippen molar-refractivity contribution in [2.24, 2.45) is 0 Å². The van der Waals surface area contributed by atoms with Crippen LogP contribution in [0.1, 0.15) is 11.6 Å². The zero-order chi connectivity index (χ0) is 21.3. The van der Waals surface area contributed by atoms with Gasteiger partial charge in [-0.05, 0) is 49.0 Å². The van der Waals surface area contributed by atoms with Gasteiger partial charge in [0.2, 0.25) is 0 Å². The Morgan fingerprint density at radius 1 is 1.00 bits per heavy atom. The molecule has 3 aromatic carbocycles. The van der Waals surface area contributed by atoms with E-state index >= 15 is 4.39 Å². The van der Waals surface area contributed by atoms with Gasteiger partial charge in [0.1, 0.15) is 17.2 Å². The van der Waals surface area contributed by atoms with Crippen LogP contribution in [0.4, 0.5) is 8.78 Å². The summed E-state index contributed by atoms with van der Waals surface area (Å²) in [6.45, 7) is 0.125. The lowest BCUT2D eigenvalue weighted by Gasteiger charge is -2.25. The fourth-order valence-corrected chi connectivity index (χ4v) is 3.87. The number of hydrogen-bond donors (Lipinski definition) is 2. The number of halogens is 3. The largest absolute Gasteiger partial charge is 0.389 e. The van der Waals surface area contributed by atoms with Gasteiger partial charge in [0.25, 0.3) is 0 Å². The number of nitrogens with one attached hydrogen (secondary N) is 1. The Hall–Kier alpha value is -3.00. The van der Waals surface area contributed by atoms with Gasteiger partial charge >= 0.3 is 5.69 Å². The number of likely N-dealkylation sites (N-methyl/N-ethyl adjacent to an activating group) is 1. The lowest BCUT2D eigenvalue weighted by Crippen LogP contribution is -2.38. The Bertz CT molecular complexity index is 1240. The normalized spacial score (nSPS) is 13.0. The molecule has 5 nitrogen and oxygen atoms in total. The number of benzene rings is 3. The third kappa shape index (κ3) is 4.12. The second-order valence-electron chi connectivity index (χ2n) is 7.06. The third-order valence-corrected chi connectivity index (χ3v) is 5.11. The van der Waals surface area contributed by atoms with Crippen molar-refractivity contribution in [1.29, 1.82) is 0 Å². The summed E-state index contributed by atoms with van der Waals surface area (Å²) in [4.78, 5) is 13.6. The zero-order valence-electron chi connectivity index (χ0n) is 16.7. The molecule has 0 spiro atoms. The van der Waals surface area contributed by atoms with Crippen LogP contribution in [-0.2, 0) is 0 Å². The van der Waals surface area contributed by atoms with E-state index in [2.05, 4.69) is 5.32 Å². The lowest BCUT2D eigenvalue weighted by molar-refractivity contribution is 0.130. The number of aliphatic hydroxyl groups is 1. The SMILES string of the molecule is CNC[C@H](O)[C@H](c1cccc(F)c1)n1c(=O)n(-c2ccccc2)c2cccc(F)c21.Cl. The molecule has 0 amide bonds. The van der Waals surface area contributed by atoms with E-state index in [0.717, 1.165) is 0 Å². The van der Waals surface area contributed by atoms with Gasteiger partial charge in [-0.3, -0.25) is 9.13 Å². The summed E-state index contributed by atoms with van der Waals surface area (Å²) < 4.78 is 31.6. The van der Waals surface area contributed by atoms with Gasteiger partial charge in [-0.15, -0.1) is 12.4 Å². The maximum absolute atomic E-state index is 15.0. The van der Waals surface area contributed by atoms with Gasteiger partial charge in [-0.1, -0.05) is 36.4 Å². The molecule has 0 aliphatic heterocycles. The summed E-state index contributed by atoms with van der Waals surface area (Å²) in [5, 5.41) is 13.7. The average Bonchev–Trinajstić information content (AvgIpc) is 3.02. The Labute approximate surface area is 184 Å². The van der Waals surface area contributed by atoms with E-state index in [0.29, 0.717) is 16.8 Å². The van der Waals surface area contributed by atoms with E-state index in [9.17, 15) is 14.3 Å². The van der Waals surface area contributed by atoms with E-state index < -0.39 is 29.5 Å². The van der Waals surface area contributed by atoms with Crippen molar-refractivity contribution in [3.63, 3.8) is 0 Å². The molecule has 0 aliphatic rings. The van der Waals surface area contributed by atoms with Crippen LogP contribution in [-0.4, -0.2) is 33.9 Å². The summed E-state index contributed by atoms with van der Waals surface area (Å²) in [6.07, 6.45) is -1.11. The van der Waals surface area contributed by atoms with Gasteiger partial charge < -0.3 is 10.4 Å². The molecular weight excluding hydrogens is 424 g/mol. The number of hydrogen-bond acceptors (Lipinski definition) is 3. The molecule has 4 aromatic rings. The van der Waals surface area contributed by atoms with Crippen molar-refractivity contribution in [3.05, 3.63) is 100 Å². The Morgan fingerprint density at radius 3 is 2.39 bits per heavy atom. The topological polar surface area (TPSA) is 59.2 Å². The van der Waals surface area contributed by atoms with Gasteiger partial charge in [-0.2, -0.15) is 0 Å². The molecule has 1 heterocycles. The first-order chi connectivity index (χ1) is 14.5. The molecular formula is C23H22ClF2N3O2. The van der Waals surface area contributed by atoms with E-state index in [1.807, 2.05) is 6.07 Å². The minimum absolute atomic E-state index is 0. The second kappa shape index (κ2) is 9.43. The predicted octanol–water partition coefficient (Wildman–Crippen LogP) is 3.66. The van der Waals surface area contributed by atoms with Crippen molar-refractivity contribution < 1.29 is 13.9 Å². The van der Waals surface area contributed by atoms with Crippen LogP contribution in [0.3, 0.4) is 0 Å².